The van der Waals surface area contributed by atoms with E-state index in [1.165, 1.54) is 0 Å². The fourth-order valence-corrected chi connectivity index (χ4v) is 2.37. The Morgan fingerprint density at radius 2 is 2.00 bits per heavy atom. The number of hydrogen-bond donors (Lipinski definition) is 0. The lowest BCUT2D eigenvalue weighted by Gasteiger charge is -2.24. The molecule has 0 atom stereocenters. The van der Waals surface area contributed by atoms with E-state index in [0.717, 1.165) is 5.56 Å². The molecule has 0 amide bonds. The van der Waals surface area contributed by atoms with Crippen molar-refractivity contribution in [2.45, 2.75) is 13.5 Å². The summed E-state index contributed by atoms with van der Waals surface area (Å²) in [5, 5.41) is 8.90. The Labute approximate surface area is 125 Å². The second kappa shape index (κ2) is 6.49. The molecule has 0 bridgehead atoms. The van der Waals surface area contributed by atoms with Gasteiger partial charge in [-0.2, -0.15) is 5.26 Å². The van der Waals surface area contributed by atoms with E-state index in [2.05, 4.69) is 20.9 Å². The van der Waals surface area contributed by atoms with Crippen molar-refractivity contribution in [3.63, 3.8) is 0 Å². The number of hydrogen-bond acceptors (Lipinski definition) is 3. The number of halogens is 2. The van der Waals surface area contributed by atoms with Gasteiger partial charge in [0.1, 0.15) is 6.07 Å². The van der Waals surface area contributed by atoms with Crippen LogP contribution in [0.25, 0.3) is 0 Å². The van der Waals surface area contributed by atoms with Crippen LogP contribution in [0.2, 0.25) is 0 Å². The molecule has 0 unspecified atom stereocenters. The van der Waals surface area contributed by atoms with Crippen molar-refractivity contribution in [3.8, 4) is 6.07 Å². The molecule has 0 N–H and O–H groups in total. The SMILES string of the molecule is CCN(Cc1ccncc1)c1ccc(C#N)c(Br)c1F. The van der Waals surface area contributed by atoms with Gasteiger partial charge in [0.2, 0.25) is 0 Å². The lowest BCUT2D eigenvalue weighted by Crippen LogP contribution is -2.23. The van der Waals surface area contributed by atoms with Gasteiger partial charge in [0.15, 0.2) is 5.82 Å². The molecule has 20 heavy (non-hydrogen) atoms. The minimum absolute atomic E-state index is 0.214. The zero-order valence-electron chi connectivity index (χ0n) is 11.0. The first-order valence-electron chi connectivity index (χ1n) is 6.19. The van der Waals surface area contributed by atoms with Crippen LogP contribution in [0.3, 0.4) is 0 Å². The van der Waals surface area contributed by atoms with Crippen LogP contribution >= 0.6 is 15.9 Å². The summed E-state index contributed by atoms with van der Waals surface area (Å²) in [6, 6.07) is 9.03. The van der Waals surface area contributed by atoms with Gasteiger partial charge in [0.05, 0.1) is 15.7 Å². The molecule has 1 aromatic carbocycles. The molecule has 102 valence electrons. The van der Waals surface area contributed by atoms with Gasteiger partial charge in [-0.1, -0.05) is 0 Å². The van der Waals surface area contributed by atoms with Crippen LogP contribution in [-0.4, -0.2) is 11.5 Å². The van der Waals surface area contributed by atoms with Gasteiger partial charge in [-0.3, -0.25) is 4.98 Å². The first-order valence-corrected chi connectivity index (χ1v) is 6.98. The van der Waals surface area contributed by atoms with Crippen molar-refractivity contribution in [1.29, 1.82) is 5.26 Å². The Balaban J connectivity index is 2.33. The monoisotopic (exact) mass is 333 g/mol. The van der Waals surface area contributed by atoms with E-state index in [9.17, 15) is 4.39 Å². The third-order valence-electron chi connectivity index (χ3n) is 3.03. The van der Waals surface area contributed by atoms with Crippen molar-refractivity contribution in [2.24, 2.45) is 0 Å². The number of aromatic nitrogens is 1. The van der Waals surface area contributed by atoms with Gasteiger partial charge in [-0.05, 0) is 52.7 Å². The van der Waals surface area contributed by atoms with Gasteiger partial charge in [-0.25, -0.2) is 4.39 Å². The maximum Gasteiger partial charge on any atom is 0.161 e. The van der Waals surface area contributed by atoms with Gasteiger partial charge in [-0.15, -0.1) is 0 Å². The lowest BCUT2D eigenvalue weighted by molar-refractivity contribution is 0.611. The summed E-state index contributed by atoms with van der Waals surface area (Å²) in [6.07, 6.45) is 3.43. The summed E-state index contributed by atoms with van der Waals surface area (Å²) >= 11 is 3.14. The zero-order valence-corrected chi connectivity index (χ0v) is 12.6. The number of anilines is 1. The fraction of sp³-hybridized carbons (Fsp3) is 0.200. The first-order chi connectivity index (χ1) is 9.67. The summed E-state index contributed by atoms with van der Waals surface area (Å²) < 4.78 is 14.6. The minimum atomic E-state index is -0.403. The van der Waals surface area contributed by atoms with Gasteiger partial charge >= 0.3 is 0 Å². The highest BCUT2D eigenvalue weighted by atomic mass is 79.9. The quantitative estimate of drug-likeness (QED) is 0.852. The summed E-state index contributed by atoms with van der Waals surface area (Å²) in [5.74, 6) is -0.403. The molecular weight excluding hydrogens is 321 g/mol. The highest BCUT2D eigenvalue weighted by Crippen LogP contribution is 2.29. The van der Waals surface area contributed by atoms with Crippen LogP contribution < -0.4 is 4.90 Å². The number of nitrogens with zero attached hydrogens (tertiary/aromatic N) is 3. The molecule has 2 rings (SSSR count). The Morgan fingerprint density at radius 3 is 2.60 bits per heavy atom. The Morgan fingerprint density at radius 1 is 1.30 bits per heavy atom. The molecule has 0 radical (unpaired) electrons. The van der Waals surface area contributed by atoms with Crippen LogP contribution in [0, 0.1) is 17.1 Å². The van der Waals surface area contributed by atoms with Gasteiger partial charge in [0, 0.05) is 25.5 Å². The smallest absolute Gasteiger partial charge is 0.161 e. The van der Waals surface area contributed by atoms with E-state index in [1.54, 1.807) is 24.5 Å². The molecule has 2 aromatic rings. The van der Waals surface area contributed by atoms with E-state index in [-0.39, 0.29) is 4.47 Å². The molecule has 3 nitrogen and oxygen atoms in total. The van der Waals surface area contributed by atoms with E-state index < -0.39 is 5.82 Å². The Bertz CT molecular complexity index is 638. The van der Waals surface area contributed by atoms with Gasteiger partial charge in [0.25, 0.3) is 0 Å². The average molecular weight is 334 g/mol. The minimum Gasteiger partial charge on any atom is -0.365 e. The second-order valence-electron chi connectivity index (χ2n) is 4.24. The van der Waals surface area contributed by atoms with E-state index in [4.69, 9.17) is 5.26 Å². The molecule has 0 aliphatic carbocycles. The van der Waals surface area contributed by atoms with Crippen LogP contribution in [0.1, 0.15) is 18.1 Å². The molecule has 1 aromatic heterocycles. The predicted octanol–water partition coefficient (Wildman–Crippen LogP) is 3.88. The summed E-state index contributed by atoms with van der Waals surface area (Å²) in [5.41, 5.74) is 1.84. The fourth-order valence-electron chi connectivity index (χ4n) is 1.95. The van der Waals surface area contributed by atoms with Crippen molar-refractivity contribution >= 4 is 21.6 Å². The number of benzene rings is 1. The average Bonchev–Trinajstić information content (AvgIpc) is 2.49. The number of pyridine rings is 1. The molecule has 0 aliphatic rings. The van der Waals surface area contributed by atoms with Crippen LogP contribution in [-0.2, 0) is 6.54 Å². The predicted molar refractivity (Wildman–Crippen MR) is 79.8 cm³/mol. The van der Waals surface area contributed by atoms with Crippen LogP contribution in [0.15, 0.2) is 41.1 Å². The molecule has 0 saturated heterocycles. The van der Waals surface area contributed by atoms with E-state index in [0.29, 0.717) is 24.3 Å². The summed E-state index contributed by atoms with van der Waals surface area (Å²) in [4.78, 5) is 5.88. The van der Waals surface area contributed by atoms with E-state index in [1.807, 2.05) is 30.0 Å². The highest BCUT2D eigenvalue weighted by Gasteiger charge is 2.15. The van der Waals surface area contributed by atoms with Crippen molar-refractivity contribution in [1.82, 2.24) is 4.98 Å². The van der Waals surface area contributed by atoms with Gasteiger partial charge < -0.3 is 4.90 Å². The molecule has 5 heteroatoms. The molecular formula is C15H13BrFN3. The number of nitriles is 1. The molecule has 0 spiro atoms. The standard InChI is InChI=1S/C15H13BrFN3/c1-2-20(10-11-5-7-19-8-6-11)13-4-3-12(9-18)14(16)15(13)17/h3-8H,2,10H2,1H3. The normalized spacial score (nSPS) is 10.1. The Kier molecular flexibility index (Phi) is 4.70. The lowest BCUT2D eigenvalue weighted by atomic mass is 10.1. The number of rotatable bonds is 4. The highest BCUT2D eigenvalue weighted by molar-refractivity contribution is 9.10. The first kappa shape index (κ1) is 14.5. The van der Waals surface area contributed by atoms with E-state index >= 15 is 0 Å². The summed E-state index contributed by atoms with van der Waals surface area (Å²) in [7, 11) is 0. The maximum atomic E-state index is 14.3. The molecule has 0 aliphatic heterocycles. The van der Waals surface area contributed by atoms with Crippen LogP contribution in [0.5, 0.6) is 0 Å². The van der Waals surface area contributed by atoms with Crippen molar-refractivity contribution in [2.75, 3.05) is 11.4 Å². The molecule has 1 heterocycles. The van der Waals surface area contributed by atoms with Crippen molar-refractivity contribution < 1.29 is 4.39 Å². The molecule has 0 saturated carbocycles. The third-order valence-corrected chi connectivity index (χ3v) is 3.80. The third kappa shape index (κ3) is 2.97. The summed E-state index contributed by atoms with van der Waals surface area (Å²) in [6.45, 7) is 3.22. The largest absolute Gasteiger partial charge is 0.365 e. The Hall–Kier alpha value is -1.93. The topological polar surface area (TPSA) is 39.9 Å². The second-order valence-corrected chi connectivity index (χ2v) is 5.03. The van der Waals surface area contributed by atoms with Crippen LogP contribution in [0.4, 0.5) is 10.1 Å². The maximum absolute atomic E-state index is 14.3. The zero-order chi connectivity index (χ0) is 14.5. The van der Waals surface area contributed by atoms with Crippen molar-refractivity contribution in [3.05, 3.63) is 58.1 Å². The molecule has 0 fully saturated rings.